The van der Waals surface area contributed by atoms with E-state index < -0.39 is 0 Å². The minimum Gasteiger partial charge on any atom is -0.368 e. The predicted octanol–water partition coefficient (Wildman–Crippen LogP) is 0.778. The largest absolute Gasteiger partial charge is 0.368 e. The molecule has 17 heavy (non-hydrogen) atoms. The Bertz CT molecular complexity index is 366. The molecule has 0 bridgehead atoms. The van der Waals surface area contributed by atoms with Crippen molar-refractivity contribution in [3.63, 3.8) is 0 Å². The van der Waals surface area contributed by atoms with E-state index in [0.717, 1.165) is 32.4 Å². The quantitative estimate of drug-likeness (QED) is 0.834. The molecule has 1 aromatic rings. The molecule has 0 aromatic carbocycles. The standard InChI is InChI=1S/C13H18N3O/c14-13(17)12-3-1-2-9-16(12)10-6-11-4-7-15-8-5-11/h1,4-5,7-8,12H,2-3,6,9-10H2,(H2,14,17). The average molecular weight is 232 g/mol. The van der Waals surface area contributed by atoms with E-state index in [2.05, 4.69) is 16.3 Å². The van der Waals surface area contributed by atoms with Gasteiger partial charge in [-0.2, -0.15) is 0 Å². The summed E-state index contributed by atoms with van der Waals surface area (Å²) in [5.41, 5.74) is 6.66. The Morgan fingerprint density at radius 3 is 2.94 bits per heavy atom. The molecule has 2 N–H and O–H groups in total. The Balaban J connectivity index is 1.90. The first kappa shape index (κ1) is 12.0. The predicted molar refractivity (Wildman–Crippen MR) is 66.0 cm³/mol. The Hall–Kier alpha value is -1.42. The number of hydrogen-bond donors (Lipinski definition) is 1. The number of pyridine rings is 1. The van der Waals surface area contributed by atoms with E-state index >= 15 is 0 Å². The van der Waals surface area contributed by atoms with Crippen LogP contribution in [0, 0.1) is 6.42 Å². The normalized spacial score (nSPS) is 21.3. The van der Waals surface area contributed by atoms with Gasteiger partial charge in [0.25, 0.3) is 0 Å². The SMILES string of the molecule is NC(=O)C1C[CH]CCN1CCc1ccncc1. The number of aromatic nitrogens is 1. The van der Waals surface area contributed by atoms with E-state index in [-0.39, 0.29) is 11.9 Å². The van der Waals surface area contributed by atoms with Gasteiger partial charge in [-0.3, -0.25) is 14.7 Å². The van der Waals surface area contributed by atoms with Crippen LogP contribution in [0.15, 0.2) is 24.5 Å². The molecule has 2 rings (SSSR count). The van der Waals surface area contributed by atoms with Crippen LogP contribution < -0.4 is 5.73 Å². The number of piperidine rings is 1. The molecular formula is C13H18N3O. The summed E-state index contributed by atoms with van der Waals surface area (Å²) in [4.78, 5) is 17.5. The number of nitrogens with two attached hydrogens (primary N) is 1. The summed E-state index contributed by atoms with van der Waals surface area (Å²) in [6.45, 7) is 1.81. The third kappa shape index (κ3) is 3.27. The number of carbonyl (C=O) groups excluding carboxylic acids is 1. The maximum Gasteiger partial charge on any atom is 0.234 e. The van der Waals surface area contributed by atoms with Gasteiger partial charge < -0.3 is 5.73 Å². The Morgan fingerprint density at radius 2 is 2.24 bits per heavy atom. The zero-order chi connectivity index (χ0) is 12.1. The molecule has 91 valence electrons. The third-order valence-corrected chi connectivity index (χ3v) is 3.22. The van der Waals surface area contributed by atoms with Gasteiger partial charge in [0.2, 0.25) is 5.91 Å². The van der Waals surface area contributed by atoms with E-state index in [1.807, 2.05) is 12.1 Å². The molecule has 0 spiro atoms. The average Bonchev–Trinajstić information content (AvgIpc) is 2.38. The number of primary amides is 1. The molecule has 4 heteroatoms. The van der Waals surface area contributed by atoms with Gasteiger partial charge in [-0.25, -0.2) is 0 Å². The molecule has 1 unspecified atom stereocenters. The molecule has 1 aliphatic heterocycles. The lowest BCUT2D eigenvalue weighted by Crippen LogP contribution is -2.48. The van der Waals surface area contributed by atoms with Gasteiger partial charge in [0.05, 0.1) is 6.04 Å². The lowest BCUT2D eigenvalue weighted by molar-refractivity contribution is -0.123. The zero-order valence-electron chi connectivity index (χ0n) is 9.88. The van der Waals surface area contributed by atoms with Crippen LogP contribution in [0.5, 0.6) is 0 Å². The van der Waals surface area contributed by atoms with E-state index in [1.54, 1.807) is 12.4 Å². The van der Waals surface area contributed by atoms with Gasteiger partial charge in [0, 0.05) is 18.9 Å². The number of nitrogens with zero attached hydrogens (tertiary/aromatic N) is 2. The van der Waals surface area contributed by atoms with Gasteiger partial charge >= 0.3 is 0 Å². The van der Waals surface area contributed by atoms with Crippen molar-refractivity contribution in [2.45, 2.75) is 25.3 Å². The van der Waals surface area contributed by atoms with Crippen molar-refractivity contribution in [2.75, 3.05) is 13.1 Å². The van der Waals surface area contributed by atoms with Crippen LogP contribution in [0.25, 0.3) is 0 Å². The number of hydrogen-bond acceptors (Lipinski definition) is 3. The van der Waals surface area contributed by atoms with Crippen molar-refractivity contribution >= 4 is 5.91 Å². The van der Waals surface area contributed by atoms with Crippen molar-refractivity contribution in [1.82, 2.24) is 9.88 Å². The molecule has 1 aliphatic rings. The fourth-order valence-electron chi connectivity index (χ4n) is 2.22. The topological polar surface area (TPSA) is 59.2 Å². The van der Waals surface area contributed by atoms with E-state index in [1.165, 1.54) is 5.56 Å². The highest BCUT2D eigenvalue weighted by molar-refractivity contribution is 5.80. The van der Waals surface area contributed by atoms with Crippen molar-refractivity contribution in [3.05, 3.63) is 36.5 Å². The van der Waals surface area contributed by atoms with Gasteiger partial charge in [0.15, 0.2) is 0 Å². The molecule has 4 nitrogen and oxygen atoms in total. The summed E-state index contributed by atoms with van der Waals surface area (Å²) in [7, 11) is 0. The summed E-state index contributed by atoms with van der Waals surface area (Å²) in [6, 6.07) is 3.90. The molecule has 1 radical (unpaired) electrons. The van der Waals surface area contributed by atoms with Gasteiger partial charge in [-0.05, 0) is 49.9 Å². The summed E-state index contributed by atoms with van der Waals surface area (Å²) >= 11 is 0. The van der Waals surface area contributed by atoms with Crippen LogP contribution in [0.4, 0.5) is 0 Å². The number of amides is 1. The van der Waals surface area contributed by atoms with E-state index in [9.17, 15) is 4.79 Å². The van der Waals surface area contributed by atoms with Crippen LogP contribution in [-0.4, -0.2) is 34.9 Å². The summed E-state index contributed by atoms with van der Waals surface area (Å²) in [5, 5.41) is 0. The molecule has 1 fully saturated rings. The highest BCUT2D eigenvalue weighted by Gasteiger charge is 2.26. The van der Waals surface area contributed by atoms with Crippen molar-refractivity contribution in [3.8, 4) is 0 Å². The maximum absolute atomic E-state index is 11.3. The summed E-state index contributed by atoms with van der Waals surface area (Å²) in [6.07, 6.45) is 8.51. The third-order valence-electron chi connectivity index (χ3n) is 3.22. The van der Waals surface area contributed by atoms with Crippen LogP contribution >= 0.6 is 0 Å². The Morgan fingerprint density at radius 1 is 1.47 bits per heavy atom. The molecule has 1 atom stereocenters. The molecule has 1 saturated heterocycles. The van der Waals surface area contributed by atoms with Crippen molar-refractivity contribution in [2.24, 2.45) is 5.73 Å². The highest BCUT2D eigenvalue weighted by atomic mass is 16.1. The molecular weight excluding hydrogens is 214 g/mol. The van der Waals surface area contributed by atoms with Crippen LogP contribution in [0.2, 0.25) is 0 Å². The molecule has 0 aliphatic carbocycles. The Labute approximate surface area is 102 Å². The van der Waals surface area contributed by atoms with Crippen molar-refractivity contribution < 1.29 is 4.79 Å². The Kier molecular flexibility index (Phi) is 4.09. The number of carbonyl (C=O) groups is 1. The first-order chi connectivity index (χ1) is 8.27. The number of rotatable bonds is 4. The molecule has 1 aromatic heterocycles. The highest BCUT2D eigenvalue weighted by Crippen LogP contribution is 2.16. The zero-order valence-corrected chi connectivity index (χ0v) is 9.88. The fourth-order valence-corrected chi connectivity index (χ4v) is 2.22. The monoisotopic (exact) mass is 232 g/mol. The fraction of sp³-hybridized carbons (Fsp3) is 0.462. The second-order valence-corrected chi connectivity index (χ2v) is 4.37. The minimum absolute atomic E-state index is 0.120. The van der Waals surface area contributed by atoms with E-state index in [4.69, 9.17) is 5.73 Å². The van der Waals surface area contributed by atoms with Gasteiger partial charge in [0.1, 0.15) is 0 Å². The number of likely N-dealkylation sites (tertiary alicyclic amines) is 1. The van der Waals surface area contributed by atoms with Gasteiger partial charge in [-0.15, -0.1) is 0 Å². The van der Waals surface area contributed by atoms with Gasteiger partial charge in [-0.1, -0.05) is 0 Å². The second-order valence-electron chi connectivity index (χ2n) is 4.37. The lowest BCUT2D eigenvalue weighted by atomic mass is 10.0. The second kappa shape index (κ2) is 5.77. The lowest BCUT2D eigenvalue weighted by Gasteiger charge is -2.33. The van der Waals surface area contributed by atoms with E-state index in [0.29, 0.717) is 0 Å². The van der Waals surface area contributed by atoms with Crippen LogP contribution in [0.1, 0.15) is 18.4 Å². The van der Waals surface area contributed by atoms with Crippen LogP contribution in [0.3, 0.4) is 0 Å². The minimum atomic E-state index is -0.212. The maximum atomic E-state index is 11.3. The smallest absolute Gasteiger partial charge is 0.234 e. The first-order valence-corrected chi connectivity index (χ1v) is 6.01. The van der Waals surface area contributed by atoms with Crippen LogP contribution in [-0.2, 0) is 11.2 Å². The summed E-state index contributed by atoms with van der Waals surface area (Å²) in [5.74, 6) is -0.212. The first-order valence-electron chi connectivity index (χ1n) is 6.01. The summed E-state index contributed by atoms with van der Waals surface area (Å²) < 4.78 is 0. The molecule has 1 amide bonds. The van der Waals surface area contributed by atoms with Crippen molar-refractivity contribution in [1.29, 1.82) is 0 Å². The molecule has 0 saturated carbocycles. The molecule has 2 heterocycles.